The number of aromatic nitrogens is 4. The van der Waals surface area contributed by atoms with E-state index in [1.54, 1.807) is 54.7 Å². The molecule has 0 N–H and O–H groups in total. The minimum absolute atomic E-state index is 0.0197. The third-order valence-corrected chi connectivity index (χ3v) is 5.34. The second kappa shape index (κ2) is 8.37. The quantitative estimate of drug-likeness (QED) is 0.320. The third kappa shape index (κ3) is 3.84. The van der Waals surface area contributed by atoms with Crippen molar-refractivity contribution >= 4 is 0 Å². The van der Waals surface area contributed by atoms with E-state index < -0.39 is 11.9 Å². The molecule has 0 radical (unpaired) electrons. The van der Waals surface area contributed by atoms with E-state index in [-0.39, 0.29) is 16.9 Å². The predicted octanol–water partition coefficient (Wildman–Crippen LogP) is 6.28. The number of halogens is 3. The molecule has 5 rings (SSSR count). The van der Waals surface area contributed by atoms with Crippen LogP contribution in [0.1, 0.15) is 11.3 Å². The number of benzene rings is 3. The van der Waals surface area contributed by atoms with Crippen LogP contribution >= 0.6 is 0 Å². The largest absolute Gasteiger partial charge is 0.433 e. The minimum Gasteiger partial charge on any atom is -0.239 e. The predicted molar refractivity (Wildman–Crippen MR) is 121 cm³/mol. The van der Waals surface area contributed by atoms with Crippen molar-refractivity contribution in [3.63, 3.8) is 0 Å². The van der Waals surface area contributed by atoms with Crippen molar-refractivity contribution in [3.8, 4) is 40.0 Å². The molecule has 5 nitrogen and oxygen atoms in total. The van der Waals surface area contributed by atoms with Gasteiger partial charge < -0.3 is 0 Å². The Bertz CT molecular complexity index is 1490. The van der Waals surface area contributed by atoms with Crippen molar-refractivity contribution in [1.29, 1.82) is 5.26 Å². The fraction of sp³-hybridized carbons (Fsp3) is 0.0385. The molecule has 2 heterocycles. The van der Waals surface area contributed by atoms with Gasteiger partial charge in [-0.3, -0.25) is 0 Å². The number of alkyl halides is 3. The van der Waals surface area contributed by atoms with Crippen LogP contribution in [0.2, 0.25) is 0 Å². The molecule has 0 amide bonds. The van der Waals surface area contributed by atoms with E-state index in [0.29, 0.717) is 16.9 Å². The lowest BCUT2D eigenvalue weighted by Gasteiger charge is -2.13. The standard InChI is InChI=1S/C26H16F3N5/c27-26(28,29)25-16-22(19-10-5-2-6-11-19)32-34(25)24-13-7-12-23(20(24)17-30)33-15-14-21(31-33)18-8-3-1-4-9-18/h1-16H. The number of rotatable bonds is 4. The molecule has 0 aliphatic rings. The van der Waals surface area contributed by atoms with Gasteiger partial charge in [0.2, 0.25) is 0 Å². The molecule has 8 heteroatoms. The van der Waals surface area contributed by atoms with Crippen molar-refractivity contribution in [2.24, 2.45) is 0 Å². The Morgan fingerprint density at radius 3 is 1.94 bits per heavy atom. The van der Waals surface area contributed by atoms with Crippen molar-refractivity contribution in [2.75, 3.05) is 0 Å². The summed E-state index contributed by atoms with van der Waals surface area (Å²) in [5.74, 6) is 0. The Kier molecular flexibility index (Phi) is 5.22. The van der Waals surface area contributed by atoms with Crippen LogP contribution in [-0.2, 0) is 6.18 Å². The fourth-order valence-corrected chi connectivity index (χ4v) is 3.75. The van der Waals surface area contributed by atoms with Gasteiger partial charge in [-0.05, 0) is 24.3 Å². The van der Waals surface area contributed by atoms with Crippen molar-refractivity contribution in [2.45, 2.75) is 6.18 Å². The molecule has 2 aromatic heterocycles. The molecule has 0 spiro atoms. The monoisotopic (exact) mass is 455 g/mol. The van der Waals surface area contributed by atoms with Gasteiger partial charge in [-0.2, -0.15) is 28.6 Å². The SMILES string of the molecule is N#Cc1c(-n2ccc(-c3ccccc3)n2)cccc1-n1nc(-c2ccccc2)cc1C(F)(F)F. The molecule has 3 aromatic carbocycles. The van der Waals surface area contributed by atoms with E-state index in [2.05, 4.69) is 10.2 Å². The maximum absolute atomic E-state index is 14.0. The van der Waals surface area contributed by atoms with Gasteiger partial charge in [0.05, 0.1) is 22.8 Å². The molecule has 5 aromatic rings. The maximum atomic E-state index is 14.0. The number of hydrogen-bond donors (Lipinski definition) is 0. The van der Waals surface area contributed by atoms with Crippen molar-refractivity contribution < 1.29 is 13.2 Å². The summed E-state index contributed by atoms with van der Waals surface area (Å²) in [6, 6.07) is 27.6. The Hall–Kier alpha value is -4.64. The number of nitrogens with zero attached hydrogens (tertiary/aromatic N) is 5. The van der Waals surface area contributed by atoms with Gasteiger partial charge in [0.1, 0.15) is 17.3 Å². The summed E-state index contributed by atoms with van der Waals surface area (Å²) < 4.78 is 44.1. The van der Waals surface area contributed by atoms with E-state index in [1.807, 2.05) is 36.4 Å². The number of nitriles is 1. The lowest BCUT2D eigenvalue weighted by atomic mass is 10.1. The minimum atomic E-state index is -4.67. The summed E-state index contributed by atoms with van der Waals surface area (Å²) in [7, 11) is 0. The molecule has 0 fully saturated rings. The molecule has 0 aliphatic carbocycles. The first-order valence-corrected chi connectivity index (χ1v) is 10.3. The summed E-state index contributed by atoms with van der Waals surface area (Å²) in [6.07, 6.45) is -3.00. The van der Waals surface area contributed by atoms with Gasteiger partial charge in [0.15, 0.2) is 0 Å². The topological polar surface area (TPSA) is 59.4 Å². The molecular formula is C26H16F3N5. The summed E-state index contributed by atoms with van der Waals surface area (Å²) >= 11 is 0. The van der Waals surface area contributed by atoms with Gasteiger partial charge in [-0.15, -0.1) is 0 Å². The number of hydrogen-bond acceptors (Lipinski definition) is 3. The molecular weight excluding hydrogens is 439 g/mol. The van der Waals surface area contributed by atoms with Crippen LogP contribution in [0.3, 0.4) is 0 Å². The third-order valence-electron chi connectivity index (χ3n) is 5.34. The Balaban J connectivity index is 1.66. The van der Waals surface area contributed by atoms with E-state index in [1.165, 1.54) is 10.7 Å². The second-order valence-electron chi connectivity index (χ2n) is 7.49. The van der Waals surface area contributed by atoms with Gasteiger partial charge in [0.25, 0.3) is 0 Å². The van der Waals surface area contributed by atoms with Crippen LogP contribution in [-0.4, -0.2) is 19.6 Å². The smallest absolute Gasteiger partial charge is 0.239 e. The Morgan fingerprint density at radius 1 is 0.706 bits per heavy atom. The molecule has 0 aliphatic heterocycles. The molecule has 0 bridgehead atoms. The highest BCUT2D eigenvalue weighted by atomic mass is 19.4. The molecule has 0 atom stereocenters. The van der Waals surface area contributed by atoms with Crippen LogP contribution in [0.15, 0.2) is 97.2 Å². The fourth-order valence-electron chi connectivity index (χ4n) is 3.75. The highest BCUT2D eigenvalue weighted by Gasteiger charge is 2.37. The first kappa shape index (κ1) is 21.2. The van der Waals surface area contributed by atoms with Gasteiger partial charge >= 0.3 is 6.18 Å². The normalized spacial score (nSPS) is 11.4. The van der Waals surface area contributed by atoms with E-state index in [0.717, 1.165) is 16.3 Å². The zero-order valence-corrected chi connectivity index (χ0v) is 17.6. The van der Waals surface area contributed by atoms with Gasteiger partial charge in [0, 0.05) is 17.3 Å². The van der Waals surface area contributed by atoms with Crippen molar-refractivity contribution in [1.82, 2.24) is 19.6 Å². The maximum Gasteiger partial charge on any atom is 0.433 e. The summed E-state index contributed by atoms with van der Waals surface area (Å²) in [4.78, 5) is 0. The first-order chi connectivity index (χ1) is 16.5. The lowest BCUT2D eigenvalue weighted by molar-refractivity contribution is -0.142. The average Bonchev–Trinajstić information content (AvgIpc) is 3.53. The van der Waals surface area contributed by atoms with Crippen LogP contribution in [0.5, 0.6) is 0 Å². The summed E-state index contributed by atoms with van der Waals surface area (Å²) in [5.41, 5.74) is 1.70. The zero-order chi connectivity index (χ0) is 23.7. The summed E-state index contributed by atoms with van der Waals surface area (Å²) in [5, 5.41) is 18.7. The van der Waals surface area contributed by atoms with Gasteiger partial charge in [-0.25, -0.2) is 9.36 Å². The highest BCUT2D eigenvalue weighted by molar-refractivity contribution is 5.65. The van der Waals surface area contributed by atoms with Gasteiger partial charge in [-0.1, -0.05) is 66.7 Å². The highest BCUT2D eigenvalue weighted by Crippen LogP contribution is 2.35. The Morgan fingerprint density at radius 2 is 1.32 bits per heavy atom. The second-order valence-corrected chi connectivity index (χ2v) is 7.49. The first-order valence-electron chi connectivity index (χ1n) is 10.3. The van der Waals surface area contributed by atoms with E-state index in [4.69, 9.17) is 0 Å². The van der Waals surface area contributed by atoms with Crippen LogP contribution in [0.25, 0.3) is 33.9 Å². The molecule has 166 valence electrons. The Labute approximate surface area is 192 Å². The van der Waals surface area contributed by atoms with E-state index >= 15 is 0 Å². The molecule has 34 heavy (non-hydrogen) atoms. The van der Waals surface area contributed by atoms with Crippen LogP contribution < -0.4 is 0 Å². The lowest BCUT2D eigenvalue weighted by Crippen LogP contribution is -2.15. The molecule has 0 saturated heterocycles. The van der Waals surface area contributed by atoms with E-state index in [9.17, 15) is 18.4 Å². The van der Waals surface area contributed by atoms with Crippen LogP contribution in [0.4, 0.5) is 13.2 Å². The zero-order valence-electron chi connectivity index (χ0n) is 17.6. The van der Waals surface area contributed by atoms with Crippen LogP contribution in [0, 0.1) is 11.3 Å². The molecule has 0 saturated carbocycles. The molecule has 0 unspecified atom stereocenters. The summed E-state index contributed by atoms with van der Waals surface area (Å²) in [6.45, 7) is 0. The average molecular weight is 455 g/mol. The van der Waals surface area contributed by atoms with Crippen molar-refractivity contribution in [3.05, 3.63) is 108 Å².